The number of carboxylic acid groups (broad SMARTS) is 1. The topological polar surface area (TPSA) is 135 Å². The Morgan fingerprint density at radius 1 is 1.38 bits per heavy atom. The van der Waals surface area contributed by atoms with Gasteiger partial charge in [-0.3, -0.25) is 19.7 Å². The van der Waals surface area contributed by atoms with Gasteiger partial charge in [-0.1, -0.05) is 0 Å². The zero-order valence-corrected chi connectivity index (χ0v) is 15.1. The summed E-state index contributed by atoms with van der Waals surface area (Å²) >= 11 is 0.761. The van der Waals surface area contributed by atoms with Gasteiger partial charge >= 0.3 is 12.1 Å². The fraction of sp³-hybridized carbons (Fsp3) is 0.312. The first kappa shape index (κ1) is 20.5. The lowest BCUT2D eigenvalue weighted by molar-refractivity contribution is -0.141. The van der Waals surface area contributed by atoms with Crippen LogP contribution in [-0.2, 0) is 20.6 Å². The number of imide groups is 1. The zero-order valence-electron chi connectivity index (χ0n) is 14.3. The molecule has 3 heterocycles. The van der Waals surface area contributed by atoms with Crippen LogP contribution in [0.5, 0.6) is 5.75 Å². The number of carbonyl (C=O) groups is 4. The van der Waals surface area contributed by atoms with Gasteiger partial charge < -0.3 is 15.2 Å². The van der Waals surface area contributed by atoms with Crippen LogP contribution in [0.4, 0.5) is 13.2 Å². The second-order valence-corrected chi connectivity index (χ2v) is 6.87. The van der Waals surface area contributed by atoms with Crippen molar-refractivity contribution in [2.45, 2.75) is 25.1 Å². The minimum absolute atomic E-state index is 0.00548. The largest absolute Gasteiger partial charge is 0.481 e. The highest BCUT2D eigenvalue weighted by Gasteiger charge is 2.35. The normalized spacial score (nSPS) is 17.1. The molecule has 3 N–H and O–H groups in total. The minimum atomic E-state index is -4.87. The molecule has 0 spiro atoms. The summed E-state index contributed by atoms with van der Waals surface area (Å²) in [6.45, 7) is -0.885. The summed E-state index contributed by atoms with van der Waals surface area (Å²) in [5, 5.41) is 14.5. The number of carbonyl (C=O) groups excluding carboxylic acids is 3. The van der Waals surface area contributed by atoms with Crippen LogP contribution < -0.4 is 15.4 Å². The molecule has 9 nitrogen and oxygen atoms in total. The van der Waals surface area contributed by atoms with E-state index >= 15 is 0 Å². The lowest BCUT2D eigenvalue weighted by Crippen LogP contribution is -2.52. The lowest BCUT2D eigenvalue weighted by Gasteiger charge is -2.21. The molecule has 3 amide bonds. The molecule has 0 aliphatic carbocycles. The Hall–Kier alpha value is -3.22. The Balaban J connectivity index is 1.96. The molecule has 1 fully saturated rings. The number of aromatic nitrogens is 1. The molecule has 0 saturated carbocycles. The molecule has 2 aromatic heterocycles. The molecule has 1 aliphatic heterocycles. The summed E-state index contributed by atoms with van der Waals surface area (Å²) in [4.78, 5) is 49.4. The molecule has 1 unspecified atom stereocenters. The number of aliphatic carboxylic acids is 1. The van der Waals surface area contributed by atoms with Crippen molar-refractivity contribution in [2.24, 2.45) is 0 Å². The highest BCUT2D eigenvalue weighted by molar-refractivity contribution is 7.13. The van der Waals surface area contributed by atoms with Gasteiger partial charge in [0.2, 0.25) is 11.8 Å². The second kappa shape index (κ2) is 7.66. The van der Waals surface area contributed by atoms with Crippen LogP contribution in [0.1, 0.15) is 28.2 Å². The number of thiophene rings is 1. The molecule has 2 aromatic rings. The van der Waals surface area contributed by atoms with Crippen LogP contribution in [-0.4, -0.2) is 46.4 Å². The number of amides is 3. The molecule has 1 atom stereocenters. The predicted molar refractivity (Wildman–Crippen MR) is 91.4 cm³/mol. The number of hydrogen-bond acceptors (Lipinski definition) is 7. The van der Waals surface area contributed by atoms with Gasteiger partial charge in [-0.15, -0.1) is 11.3 Å². The average molecular weight is 431 g/mol. The van der Waals surface area contributed by atoms with Crippen molar-refractivity contribution in [3.63, 3.8) is 0 Å². The maximum Gasteiger partial charge on any atom is 0.433 e. The van der Waals surface area contributed by atoms with Crippen LogP contribution >= 0.6 is 11.3 Å². The van der Waals surface area contributed by atoms with E-state index in [-0.39, 0.29) is 34.4 Å². The molecule has 0 bridgehead atoms. The van der Waals surface area contributed by atoms with E-state index in [1.165, 1.54) is 5.38 Å². The first-order valence-corrected chi connectivity index (χ1v) is 8.93. The number of ether oxygens (including phenoxy) is 1. The van der Waals surface area contributed by atoms with Crippen LogP contribution in [0.3, 0.4) is 0 Å². The Bertz CT molecular complexity index is 1020. The third-order valence-electron chi connectivity index (χ3n) is 3.92. The number of halogens is 3. The fourth-order valence-corrected chi connectivity index (χ4v) is 3.51. The smallest absolute Gasteiger partial charge is 0.433 e. The summed E-state index contributed by atoms with van der Waals surface area (Å²) in [6, 6.07) is -0.467. The van der Waals surface area contributed by atoms with Crippen LogP contribution in [0.15, 0.2) is 11.4 Å². The molecule has 13 heteroatoms. The maximum absolute atomic E-state index is 13.2. The number of carboxylic acids is 1. The first-order chi connectivity index (χ1) is 13.6. The number of alkyl halides is 3. The number of rotatable bonds is 5. The Morgan fingerprint density at radius 2 is 2.10 bits per heavy atom. The standard InChI is InChI=1S/C16H12F3N3O6S/c17-16(18,19)9-3-8(28-4-11(24)25)6-5-29-13(12(6)21-9)15(27)20-7-1-2-10(23)22-14(7)26/h3,5,7H,1-2,4H2,(H,20,27)(H,24,25)(H,22,23,26). The highest BCUT2D eigenvalue weighted by atomic mass is 32.1. The van der Waals surface area contributed by atoms with Crippen molar-refractivity contribution in [3.8, 4) is 5.75 Å². The number of hydrogen-bond donors (Lipinski definition) is 3. The van der Waals surface area contributed by atoms with E-state index in [1.54, 1.807) is 0 Å². The fourth-order valence-electron chi connectivity index (χ4n) is 2.61. The van der Waals surface area contributed by atoms with Gasteiger partial charge in [0.05, 0.1) is 10.9 Å². The van der Waals surface area contributed by atoms with Gasteiger partial charge in [0.1, 0.15) is 22.4 Å². The van der Waals surface area contributed by atoms with E-state index in [9.17, 15) is 32.3 Å². The molecule has 3 rings (SSSR count). The van der Waals surface area contributed by atoms with E-state index in [4.69, 9.17) is 9.84 Å². The van der Waals surface area contributed by atoms with Crippen LogP contribution in [0, 0.1) is 0 Å². The third-order valence-corrected chi connectivity index (χ3v) is 4.89. The van der Waals surface area contributed by atoms with Gasteiger partial charge in [-0.2, -0.15) is 13.2 Å². The van der Waals surface area contributed by atoms with E-state index in [0.29, 0.717) is 6.07 Å². The number of fused-ring (bicyclic) bond motifs is 1. The molecule has 1 aliphatic rings. The molecule has 154 valence electrons. The molecule has 0 aromatic carbocycles. The summed E-state index contributed by atoms with van der Waals surface area (Å²) < 4.78 is 44.5. The van der Waals surface area contributed by atoms with Gasteiger partial charge in [0, 0.05) is 17.9 Å². The van der Waals surface area contributed by atoms with E-state index in [1.807, 2.05) is 0 Å². The monoisotopic (exact) mass is 431 g/mol. The van der Waals surface area contributed by atoms with Crippen molar-refractivity contribution in [3.05, 3.63) is 22.0 Å². The number of pyridine rings is 1. The maximum atomic E-state index is 13.2. The van der Waals surface area contributed by atoms with Crippen LogP contribution in [0.25, 0.3) is 10.9 Å². The Labute approximate surface area is 163 Å². The molecular formula is C16H12F3N3O6S. The second-order valence-electron chi connectivity index (χ2n) is 5.99. The molecule has 1 saturated heterocycles. The highest BCUT2D eigenvalue weighted by Crippen LogP contribution is 2.37. The van der Waals surface area contributed by atoms with Gasteiger partial charge in [0.15, 0.2) is 6.61 Å². The molecule has 29 heavy (non-hydrogen) atoms. The predicted octanol–water partition coefficient (Wildman–Crippen LogP) is 1.31. The SMILES string of the molecule is O=C(O)COc1cc(C(F)(F)F)nc2c(C(=O)NC3CCC(=O)NC3=O)scc12. The minimum Gasteiger partial charge on any atom is -0.481 e. The quantitative estimate of drug-likeness (QED) is 0.608. The average Bonchev–Trinajstić information content (AvgIpc) is 3.05. The molecular weight excluding hydrogens is 419 g/mol. The van der Waals surface area contributed by atoms with Crippen molar-refractivity contribution < 1.29 is 42.2 Å². The molecule has 0 radical (unpaired) electrons. The Morgan fingerprint density at radius 3 is 2.72 bits per heavy atom. The number of nitrogens with zero attached hydrogens (tertiary/aromatic N) is 1. The number of piperidine rings is 1. The van der Waals surface area contributed by atoms with E-state index in [2.05, 4.69) is 15.6 Å². The van der Waals surface area contributed by atoms with Gasteiger partial charge in [-0.25, -0.2) is 9.78 Å². The zero-order chi connectivity index (χ0) is 21.3. The van der Waals surface area contributed by atoms with Crippen molar-refractivity contribution in [1.29, 1.82) is 0 Å². The van der Waals surface area contributed by atoms with Crippen molar-refractivity contribution in [1.82, 2.24) is 15.6 Å². The third kappa shape index (κ3) is 4.45. The van der Waals surface area contributed by atoms with Crippen molar-refractivity contribution in [2.75, 3.05) is 6.61 Å². The van der Waals surface area contributed by atoms with Crippen LogP contribution in [0.2, 0.25) is 0 Å². The Kier molecular flexibility index (Phi) is 5.42. The number of nitrogens with one attached hydrogen (secondary N) is 2. The van der Waals surface area contributed by atoms with Crippen molar-refractivity contribution >= 4 is 45.9 Å². The lowest BCUT2D eigenvalue weighted by atomic mass is 10.1. The first-order valence-electron chi connectivity index (χ1n) is 8.05. The van der Waals surface area contributed by atoms with E-state index < -0.39 is 48.2 Å². The summed E-state index contributed by atoms with van der Waals surface area (Å²) in [5.41, 5.74) is -1.70. The summed E-state index contributed by atoms with van der Waals surface area (Å²) in [7, 11) is 0. The van der Waals surface area contributed by atoms with E-state index in [0.717, 1.165) is 11.3 Å². The summed E-state index contributed by atoms with van der Waals surface area (Å²) in [6.07, 6.45) is -4.81. The summed E-state index contributed by atoms with van der Waals surface area (Å²) in [5.74, 6) is -3.84. The van der Waals surface area contributed by atoms with Gasteiger partial charge in [-0.05, 0) is 6.42 Å². The van der Waals surface area contributed by atoms with Gasteiger partial charge in [0.25, 0.3) is 5.91 Å².